The Morgan fingerprint density at radius 2 is 1.85 bits per heavy atom. The molecule has 4 nitrogen and oxygen atoms in total. The lowest BCUT2D eigenvalue weighted by atomic mass is 10.0. The van der Waals surface area contributed by atoms with Gasteiger partial charge in [-0.2, -0.15) is 5.10 Å². The van der Waals surface area contributed by atoms with E-state index >= 15 is 0 Å². The van der Waals surface area contributed by atoms with Crippen LogP contribution in [0.25, 0.3) is 10.9 Å². The van der Waals surface area contributed by atoms with Gasteiger partial charge in [0.25, 0.3) is 0 Å². The zero-order valence-electron chi connectivity index (χ0n) is 11.4. The quantitative estimate of drug-likeness (QED) is 0.787. The summed E-state index contributed by atoms with van der Waals surface area (Å²) in [4.78, 5) is 3.98. The molecule has 0 bridgehead atoms. The van der Waals surface area contributed by atoms with Gasteiger partial charge in [-0.3, -0.25) is 9.67 Å². The van der Waals surface area contributed by atoms with E-state index in [1.54, 1.807) is 12.4 Å². The molecule has 0 spiro atoms. The fourth-order valence-electron chi connectivity index (χ4n) is 2.53. The van der Waals surface area contributed by atoms with Gasteiger partial charge >= 0.3 is 0 Å². The smallest absolute Gasteiger partial charge is 0.0729 e. The highest BCUT2D eigenvalue weighted by Gasteiger charge is 2.13. The average Bonchev–Trinajstić information content (AvgIpc) is 2.77. The first-order chi connectivity index (χ1) is 9.74. The molecule has 0 amide bonds. The largest absolute Gasteiger partial charge is 0.392 e. The standard InChI is InChI=1S/C16H17N3O/c1-19-16-5-3-2-4-14(16)15(18-19)11-13(20)10-12-6-8-17-9-7-12/h2-9,13,20H,10-11H2,1H3. The van der Waals surface area contributed by atoms with Crippen molar-refractivity contribution in [2.24, 2.45) is 7.05 Å². The second kappa shape index (κ2) is 5.43. The Labute approximate surface area is 117 Å². The molecule has 0 aliphatic rings. The number of pyridine rings is 1. The summed E-state index contributed by atoms with van der Waals surface area (Å²) in [6.45, 7) is 0. The van der Waals surface area contributed by atoms with E-state index in [0.29, 0.717) is 12.8 Å². The number of aryl methyl sites for hydroxylation is 1. The van der Waals surface area contributed by atoms with Crippen molar-refractivity contribution in [1.29, 1.82) is 0 Å². The SMILES string of the molecule is Cn1nc(CC(O)Cc2ccncc2)c2ccccc21. The maximum absolute atomic E-state index is 10.3. The van der Waals surface area contributed by atoms with Gasteiger partial charge in [0, 0.05) is 31.2 Å². The summed E-state index contributed by atoms with van der Waals surface area (Å²) in [5.74, 6) is 0. The molecule has 1 atom stereocenters. The van der Waals surface area contributed by atoms with Crippen molar-refractivity contribution in [2.75, 3.05) is 0 Å². The molecule has 1 unspecified atom stereocenters. The lowest BCUT2D eigenvalue weighted by molar-refractivity contribution is 0.174. The summed E-state index contributed by atoms with van der Waals surface area (Å²) < 4.78 is 1.86. The number of aromatic nitrogens is 3. The number of hydrogen-bond acceptors (Lipinski definition) is 3. The van der Waals surface area contributed by atoms with Crippen molar-refractivity contribution in [1.82, 2.24) is 14.8 Å². The van der Waals surface area contributed by atoms with Gasteiger partial charge in [0.15, 0.2) is 0 Å². The Balaban J connectivity index is 1.79. The molecule has 1 N–H and O–H groups in total. The lowest BCUT2D eigenvalue weighted by Gasteiger charge is -2.09. The van der Waals surface area contributed by atoms with Gasteiger partial charge in [-0.15, -0.1) is 0 Å². The minimum atomic E-state index is -0.435. The van der Waals surface area contributed by atoms with Crippen LogP contribution in [-0.4, -0.2) is 26.0 Å². The first-order valence-electron chi connectivity index (χ1n) is 6.71. The fraction of sp³-hybridized carbons (Fsp3) is 0.250. The first-order valence-corrected chi connectivity index (χ1v) is 6.71. The van der Waals surface area contributed by atoms with Crippen LogP contribution in [0.2, 0.25) is 0 Å². The number of para-hydroxylation sites is 1. The molecule has 0 saturated carbocycles. The second-order valence-corrected chi connectivity index (χ2v) is 5.00. The summed E-state index contributed by atoms with van der Waals surface area (Å²) in [6.07, 6.45) is 4.24. The van der Waals surface area contributed by atoms with Gasteiger partial charge in [0.1, 0.15) is 0 Å². The lowest BCUT2D eigenvalue weighted by Crippen LogP contribution is -2.14. The predicted octanol–water partition coefficient (Wildman–Crippen LogP) is 2.11. The minimum Gasteiger partial charge on any atom is -0.392 e. The number of aliphatic hydroxyl groups is 1. The first kappa shape index (κ1) is 12.8. The van der Waals surface area contributed by atoms with Crippen LogP contribution in [0.3, 0.4) is 0 Å². The topological polar surface area (TPSA) is 50.9 Å². The van der Waals surface area contributed by atoms with E-state index in [0.717, 1.165) is 22.2 Å². The third kappa shape index (κ3) is 2.56. The molecule has 0 radical (unpaired) electrons. The van der Waals surface area contributed by atoms with Gasteiger partial charge < -0.3 is 5.11 Å². The zero-order valence-corrected chi connectivity index (χ0v) is 11.4. The van der Waals surface area contributed by atoms with Crippen LogP contribution in [0, 0.1) is 0 Å². The van der Waals surface area contributed by atoms with Crippen LogP contribution < -0.4 is 0 Å². The predicted molar refractivity (Wildman–Crippen MR) is 78.4 cm³/mol. The van der Waals surface area contributed by atoms with Crippen molar-refractivity contribution in [3.63, 3.8) is 0 Å². The summed E-state index contributed by atoms with van der Waals surface area (Å²) in [5.41, 5.74) is 3.14. The Kier molecular flexibility index (Phi) is 3.48. The molecular formula is C16H17N3O. The van der Waals surface area contributed by atoms with Crippen LogP contribution in [0.15, 0.2) is 48.8 Å². The van der Waals surface area contributed by atoms with E-state index in [9.17, 15) is 5.11 Å². The maximum atomic E-state index is 10.3. The van der Waals surface area contributed by atoms with Gasteiger partial charge in [0.2, 0.25) is 0 Å². The van der Waals surface area contributed by atoms with Crippen molar-refractivity contribution >= 4 is 10.9 Å². The molecule has 20 heavy (non-hydrogen) atoms. The van der Waals surface area contributed by atoms with Gasteiger partial charge in [-0.1, -0.05) is 18.2 Å². The normalized spacial score (nSPS) is 12.7. The maximum Gasteiger partial charge on any atom is 0.0729 e. The number of aliphatic hydroxyl groups excluding tert-OH is 1. The van der Waals surface area contributed by atoms with E-state index in [1.807, 2.05) is 42.1 Å². The average molecular weight is 267 g/mol. The second-order valence-electron chi connectivity index (χ2n) is 5.00. The van der Waals surface area contributed by atoms with Crippen LogP contribution in [0.4, 0.5) is 0 Å². The van der Waals surface area contributed by atoms with E-state index in [-0.39, 0.29) is 0 Å². The summed E-state index contributed by atoms with van der Waals surface area (Å²) >= 11 is 0. The van der Waals surface area contributed by atoms with Gasteiger partial charge in [-0.25, -0.2) is 0 Å². The molecule has 0 fully saturated rings. The van der Waals surface area contributed by atoms with Crippen molar-refractivity contribution in [2.45, 2.75) is 18.9 Å². The molecule has 2 aromatic heterocycles. The van der Waals surface area contributed by atoms with Crippen LogP contribution in [-0.2, 0) is 19.9 Å². The Hall–Kier alpha value is -2.20. The molecule has 0 saturated heterocycles. The number of rotatable bonds is 4. The van der Waals surface area contributed by atoms with E-state index in [4.69, 9.17) is 0 Å². The molecule has 1 aromatic carbocycles. The number of fused-ring (bicyclic) bond motifs is 1. The highest BCUT2D eigenvalue weighted by Crippen LogP contribution is 2.19. The van der Waals surface area contributed by atoms with Crippen LogP contribution in [0.5, 0.6) is 0 Å². The van der Waals surface area contributed by atoms with Gasteiger partial charge in [-0.05, 0) is 30.2 Å². The van der Waals surface area contributed by atoms with Crippen LogP contribution in [0.1, 0.15) is 11.3 Å². The monoisotopic (exact) mass is 267 g/mol. The van der Waals surface area contributed by atoms with E-state index in [1.165, 1.54) is 0 Å². The highest BCUT2D eigenvalue weighted by atomic mass is 16.3. The summed E-state index contributed by atoms with van der Waals surface area (Å²) in [5, 5.41) is 15.9. The number of nitrogens with zero attached hydrogens (tertiary/aromatic N) is 3. The molecular weight excluding hydrogens is 250 g/mol. The number of hydrogen-bond donors (Lipinski definition) is 1. The van der Waals surface area contributed by atoms with Crippen molar-refractivity contribution < 1.29 is 5.11 Å². The molecule has 0 aliphatic carbocycles. The zero-order chi connectivity index (χ0) is 13.9. The molecule has 0 aliphatic heterocycles. The summed E-state index contributed by atoms with van der Waals surface area (Å²) in [7, 11) is 1.93. The van der Waals surface area contributed by atoms with Crippen LogP contribution >= 0.6 is 0 Å². The molecule has 4 heteroatoms. The molecule has 102 valence electrons. The van der Waals surface area contributed by atoms with E-state index in [2.05, 4.69) is 16.1 Å². The minimum absolute atomic E-state index is 0.435. The van der Waals surface area contributed by atoms with Gasteiger partial charge in [0.05, 0.1) is 17.3 Å². The molecule has 2 heterocycles. The van der Waals surface area contributed by atoms with Crippen molar-refractivity contribution in [3.8, 4) is 0 Å². The van der Waals surface area contributed by atoms with Crippen molar-refractivity contribution in [3.05, 3.63) is 60.0 Å². The summed E-state index contributed by atoms with van der Waals surface area (Å²) in [6, 6.07) is 12.0. The fourth-order valence-corrected chi connectivity index (χ4v) is 2.53. The third-order valence-corrected chi connectivity index (χ3v) is 3.48. The van der Waals surface area contributed by atoms with E-state index < -0.39 is 6.10 Å². The Morgan fingerprint density at radius 1 is 1.10 bits per heavy atom. The third-order valence-electron chi connectivity index (χ3n) is 3.48. The molecule has 3 aromatic rings. The highest BCUT2D eigenvalue weighted by molar-refractivity contribution is 5.81. The number of benzene rings is 1. The molecule has 3 rings (SSSR count). The Bertz CT molecular complexity index is 706. The Morgan fingerprint density at radius 3 is 2.65 bits per heavy atom.